The molecule has 0 spiro atoms. The Kier molecular flexibility index (Phi) is 5.23. The third kappa shape index (κ3) is 3.93. The van der Waals surface area contributed by atoms with Crippen molar-refractivity contribution >= 4 is 17.7 Å². The molecule has 0 aliphatic rings. The fourth-order valence-electron chi connectivity index (χ4n) is 2.38. The van der Waals surface area contributed by atoms with Crippen LogP contribution in [-0.2, 0) is 4.79 Å². The number of aromatic nitrogens is 2. The molecular weight excluding hydrogens is 338 g/mol. The summed E-state index contributed by atoms with van der Waals surface area (Å²) in [5.74, 6) is 1.35. The van der Waals surface area contributed by atoms with Gasteiger partial charge in [0.15, 0.2) is 0 Å². The number of rotatable bonds is 6. The Bertz CT molecular complexity index is 844. The quantitative estimate of drug-likeness (QED) is 0.622. The van der Waals surface area contributed by atoms with Crippen molar-refractivity contribution in [1.82, 2.24) is 15.1 Å². The number of hydrogen-bond acceptors (Lipinski definition) is 6. The molecule has 1 aromatic carbocycles. The van der Waals surface area contributed by atoms with Crippen molar-refractivity contribution in [3.63, 3.8) is 0 Å². The highest BCUT2D eigenvalue weighted by Crippen LogP contribution is 2.27. The first-order valence-corrected chi connectivity index (χ1v) is 8.86. The number of carbonyl (C=O) groups is 1. The number of thioether (sulfide) groups is 1. The Morgan fingerprint density at radius 2 is 2.00 bits per heavy atom. The maximum absolute atomic E-state index is 12.4. The Morgan fingerprint density at radius 1 is 1.24 bits per heavy atom. The molecule has 0 radical (unpaired) electrons. The second-order valence-electron chi connectivity index (χ2n) is 5.64. The number of furan rings is 1. The zero-order valence-electron chi connectivity index (χ0n) is 14.3. The van der Waals surface area contributed by atoms with Crippen LogP contribution in [0.2, 0.25) is 0 Å². The van der Waals surface area contributed by atoms with E-state index >= 15 is 0 Å². The maximum Gasteiger partial charge on any atom is 0.277 e. The van der Waals surface area contributed by atoms with Crippen LogP contribution in [0.25, 0.3) is 11.5 Å². The van der Waals surface area contributed by atoms with Crippen molar-refractivity contribution < 1.29 is 13.6 Å². The molecule has 0 fully saturated rings. The van der Waals surface area contributed by atoms with Crippen molar-refractivity contribution in [2.45, 2.75) is 25.1 Å². The van der Waals surface area contributed by atoms with Crippen LogP contribution in [0.15, 0.2) is 56.7 Å². The molecule has 6 nitrogen and oxygen atoms in total. The highest BCUT2D eigenvalue weighted by Gasteiger charge is 2.19. The molecule has 1 unspecified atom stereocenters. The van der Waals surface area contributed by atoms with Crippen molar-refractivity contribution in [3.8, 4) is 11.5 Å². The van der Waals surface area contributed by atoms with Gasteiger partial charge in [-0.25, -0.2) is 0 Å². The minimum absolute atomic E-state index is 0.000551. The summed E-state index contributed by atoms with van der Waals surface area (Å²) in [7, 11) is 1.80. The van der Waals surface area contributed by atoms with E-state index in [0.29, 0.717) is 16.9 Å². The van der Waals surface area contributed by atoms with E-state index in [2.05, 4.69) is 10.2 Å². The standard InChI is InChI=1S/C18H19N3O3S/c1-12(14-7-5-4-6-8-14)21(3)16(22)11-25-18-20-19-17(24-18)15-9-10-23-13(15)2/h4-10,12H,11H2,1-3H3. The number of hydrogen-bond donors (Lipinski definition) is 0. The molecule has 0 saturated carbocycles. The van der Waals surface area contributed by atoms with E-state index in [0.717, 1.165) is 11.1 Å². The lowest BCUT2D eigenvalue weighted by molar-refractivity contribution is -0.128. The summed E-state index contributed by atoms with van der Waals surface area (Å²) in [5, 5.41) is 8.35. The predicted molar refractivity (Wildman–Crippen MR) is 95.1 cm³/mol. The van der Waals surface area contributed by atoms with Gasteiger partial charge < -0.3 is 13.7 Å². The van der Waals surface area contributed by atoms with Crippen molar-refractivity contribution in [1.29, 1.82) is 0 Å². The fourth-order valence-corrected chi connectivity index (χ4v) is 3.07. The molecule has 2 aromatic heterocycles. The third-order valence-electron chi connectivity index (χ3n) is 4.07. The molecule has 0 aliphatic heterocycles. The third-order valence-corrected chi connectivity index (χ3v) is 4.87. The molecule has 25 heavy (non-hydrogen) atoms. The average Bonchev–Trinajstić information content (AvgIpc) is 3.27. The molecular formula is C18H19N3O3S. The van der Waals surface area contributed by atoms with E-state index in [1.165, 1.54) is 11.8 Å². The van der Waals surface area contributed by atoms with Gasteiger partial charge >= 0.3 is 0 Å². The van der Waals surface area contributed by atoms with Crippen LogP contribution in [0.5, 0.6) is 0 Å². The van der Waals surface area contributed by atoms with Gasteiger partial charge in [0.1, 0.15) is 5.76 Å². The normalized spacial score (nSPS) is 12.1. The van der Waals surface area contributed by atoms with Gasteiger partial charge in [0, 0.05) is 7.05 Å². The lowest BCUT2D eigenvalue weighted by Crippen LogP contribution is -2.31. The maximum atomic E-state index is 12.4. The summed E-state index contributed by atoms with van der Waals surface area (Å²) in [4.78, 5) is 14.1. The van der Waals surface area contributed by atoms with Gasteiger partial charge in [0.05, 0.1) is 23.6 Å². The van der Waals surface area contributed by atoms with E-state index < -0.39 is 0 Å². The Balaban J connectivity index is 1.59. The first kappa shape index (κ1) is 17.3. The number of carbonyl (C=O) groups excluding carboxylic acids is 1. The second kappa shape index (κ2) is 7.57. The summed E-state index contributed by atoms with van der Waals surface area (Å²) < 4.78 is 10.8. The molecule has 2 heterocycles. The first-order valence-electron chi connectivity index (χ1n) is 7.87. The van der Waals surface area contributed by atoms with Crippen molar-refractivity contribution in [2.75, 3.05) is 12.8 Å². The number of aryl methyl sites for hydroxylation is 1. The van der Waals surface area contributed by atoms with Crippen LogP contribution in [0.1, 0.15) is 24.3 Å². The summed E-state index contributed by atoms with van der Waals surface area (Å²) in [5.41, 5.74) is 1.86. The zero-order chi connectivity index (χ0) is 17.8. The molecule has 130 valence electrons. The lowest BCUT2D eigenvalue weighted by atomic mass is 10.1. The highest BCUT2D eigenvalue weighted by atomic mass is 32.2. The molecule has 1 amide bonds. The van der Waals surface area contributed by atoms with Crippen LogP contribution in [0.4, 0.5) is 0 Å². The fraction of sp³-hybridized carbons (Fsp3) is 0.278. The minimum Gasteiger partial charge on any atom is -0.469 e. The summed E-state index contributed by atoms with van der Waals surface area (Å²) in [6.45, 7) is 3.83. The molecule has 0 aliphatic carbocycles. The second-order valence-corrected chi connectivity index (χ2v) is 6.57. The van der Waals surface area contributed by atoms with E-state index in [1.54, 1.807) is 24.3 Å². The van der Waals surface area contributed by atoms with Crippen molar-refractivity contribution in [2.24, 2.45) is 0 Å². The first-order chi connectivity index (χ1) is 12.1. The number of amides is 1. The molecule has 3 rings (SSSR count). The van der Waals surface area contributed by atoms with Crippen LogP contribution in [0.3, 0.4) is 0 Å². The van der Waals surface area contributed by atoms with E-state index in [-0.39, 0.29) is 17.7 Å². The van der Waals surface area contributed by atoms with Gasteiger partial charge in [-0.3, -0.25) is 4.79 Å². The van der Waals surface area contributed by atoms with Gasteiger partial charge in [-0.1, -0.05) is 42.1 Å². The highest BCUT2D eigenvalue weighted by molar-refractivity contribution is 7.99. The van der Waals surface area contributed by atoms with Crippen LogP contribution >= 0.6 is 11.8 Å². The Morgan fingerprint density at radius 3 is 2.68 bits per heavy atom. The monoisotopic (exact) mass is 357 g/mol. The topological polar surface area (TPSA) is 72.4 Å². The molecule has 0 bridgehead atoms. The lowest BCUT2D eigenvalue weighted by Gasteiger charge is -2.25. The van der Waals surface area contributed by atoms with Crippen molar-refractivity contribution in [3.05, 3.63) is 54.0 Å². The van der Waals surface area contributed by atoms with Crippen LogP contribution < -0.4 is 0 Å². The van der Waals surface area contributed by atoms with Gasteiger partial charge in [-0.2, -0.15) is 0 Å². The Labute approximate surface area is 150 Å². The van der Waals surface area contributed by atoms with E-state index in [1.807, 2.05) is 44.2 Å². The summed E-state index contributed by atoms with van der Waals surface area (Å²) in [6, 6.07) is 11.7. The SMILES string of the molecule is Cc1occc1-c1nnc(SCC(=O)N(C)C(C)c2ccccc2)o1. The average molecular weight is 357 g/mol. The minimum atomic E-state index is 0.000551. The molecule has 0 saturated heterocycles. The van der Waals surface area contributed by atoms with E-state index in [9.17, 15) is 4.79 Å². The molecule has 1 atom stereocenters. The van der Waals surface area contributed by atoms with Gasteiger partial charge in [-0.15, -0.1) is 10.2 Å². The molecule has 0 N–H and O–H groups in total. The van der Waals surface area contributed by atoms with Gasteiger partial charge in [0.25, 0.3) is 11.1 Å². The van der Waals surface area contributed by atoms with Gasteiger partial charge in [-0.05, 0) is 25.5 Å². The Hall–Kier alpha value is -2.54. The van der Waals surface area contributed by atoms with Crippen LogP contribution in [0, 0.1) is 6.92 Å². The largest absolute Gasteiger partial charge is 0.469 e. The summed E-state index contributed by atoms with van der Waals surface area (Å²) >= 11 is 1.23. The predicted octanol–water partition coefficient (Wildman–Crippen LogP) is 3.95. The smallest absolute Gasteiger partial charge is 0.277 e. The van der Waals surface area contributed by atoms with Crippen LogP contribution in [-0.4, -0.2) is 33.8 Å². The zero-order valence-corrected chi connectivity index (χ0v) is 15.1. The molecule has 7 heteroatoms. The summed E-state index contributed by atoms with van der Waals surface area (Å²) in [6.07, 6.45) is 1.57. The number of nitrogens with zero attached hydrogens (tertiary/aromatic N) is 3. The molecule has 3 aromatic rings. The van der Waals surface area contributed by atoms with Gasteiger partial charge in [0.2, 0.25) is 5.91 Å². The van der Waals surface area contributed by atoms with E-state index in [4.69, 9.17) is 8.83 Å². The number of benzene rings is 1.